The molecule has 0 amide bonds. The molecule has 19 nitrogen and oxygen atoms in total. The van der Waals surface area contributed by atoms with E-state index in [2.05, 4.69) is 98.9 Å². The number of rotatable bonds is 22. The Hall–Kier alpha value is -10.2. The van der Waals surface area contributed by atoms with Crippen LogP contribution in [0, 0.1) is 0 Å². The number of para-hydroxylation sites is 3. The smallest absolute Gasteiger partial charge is 0.250 e. The summed E-state index contributed by atoms with van der Waals surface area (Å²) in [5, 5.41) is 82.3. The first-order chi connectivity index (χ1) is 50.1. The summed E-state index contributed by atoms with van der Waals surface area (Å²) in [6.45, 7) is 34.6. The van der Waals surface area contributed by atoms with Crippen molar-refractivity contribution < 1.29 is 92.8 Å². The third-order valence-electron chi connectivity index (χ3n) is 18.1. The maximum Gasteiger partial charge on any atom is 0.250 e. The van der Waals surface area contributed by atoms with Crippen LogP contribution in [0.25, 0.3) is 24.3 Å². The summed E-state index contributed by atoms with van der Waals surface area (Å²) in [5.41, 5.74) is 8.87. The first-order valence-electron chi connectivity index (χ1n) is 35.1. The highest BCUT2D eigenvalue weighted by atomic mass is 28.4. The Morgan fingerprint density at radius 1 is 0.321 bits per heavy atom. The lowest BCUT2D eigenvalue weighted by molar-refractivity contribution is 0.111. The summed E-state index contributed by atoms with van der Waals surface area (Å²) in [7, 11) is 6.23. The molecule has 0 saturated carbocycles. The summed E-state index contributed by atoms with van der Waals surface area (Å²) in [6, 6.07) is 36.0. The molecule has 0 saturated heterocycles. The van der Waals surface area contributed by atoms with Crippen LogP contribution in [-0.2, 0) is 38.5 Å². The summed E-state index contributed by atoms with van der Waals surface area (Å²) in [4.78, 5) is 20.6. The molecule has 0 fully saturated rings. The summed E-state index contributed by atoms with van der Waals surface area (Å²) < 4.78 is 46.6. The maximum absolute atomic E-state index is 10.3. The van der Waals surface area contributed by atoms with Crippen LogP contribution in [0.1, 0.15) is 159 Å². The number of methoxy groups -OCH3 is 6. The van der Waals surface area contributed by atoms with Crippen molar-refractivity contribution in [2.24, 2.45) is 0 Å². The van der Waals surface area contributed by atoms with Gasteiger partial charge in [-0.25, -0.2) is 0 Å². The highest BCUT2D eigenvalue weighted by Gasteiger charge is 2.43. The van der Waals surface area contributed by atoms with Crippen LogP contribution < -0.4 is 37.3 Å². The second kappa shape index (κ2) is 43.9. The van der Waals surface area contributed by atoms with Gasteiger partial charge in [0.1, 0.15) is 17.2 Å². The molecule has 8 rings (SSSR count). The van der Waals surface area contributed by atoms with Crippen molar-refractivity contribution in [3.8, 4) is 92.0 Å². The molecule has 106 heavy (non-hydrogen) atoms. The van der Waals surface area contributed by atoms with Crippen LogP contribution in [0.4, 0.5) is 0 Å². The van der Waals surface area contributed by atoms with Crippen LogP contribution in [0.15, 0.2) is 121 Å². The van der Waals surface area contributed by atoms with Gasteiger partial charge < -0.3 is 83.2 Å². The molecule has 0 unspecified atom stereocenters. The van der Waals surface area contributed by atoms with Gasteiger partial charge in [-0.2, -0.15) is 0 Å². The van der Waals surface area contributed by atoms with E-state index in [-0.39, 0.29) is 55.9 Å². The lowest BCUT2D eigenvalue weighted by Crippen LogP contribution is -2.46. The van der Waals surface area contributed by atoms with Crippen molar-refractivity contribution >= 4 is 53.5 Å². The second-order valence-corrected chi connectivity index (χ2v) is 36.4. The van der Waals surface area contributed by atoms with Crippen LogP contribution in [0.3, 0.4) is 0 Å². The fraction of sp³-hybridized carbons (Fsp3) is 0.365. The molecule has 0 aromatic heterocycles. The van der Waals surface area contributed by atoms with Gasteiger partial charge in [-0.15, -0.1) is 0 Å². The Kier molecular flexibility index (Phi) is 38.0. The quantitative estimate of drug-likeness (QED) is 0.0132. The van der Waals surface area contributed by atoms with Crippen molar-refractivity contribution in [1.29, 1.82) is 0 Å². The average molecular weight is 1500 g/mol. The van der Waals surface area contributed by atoms with E-state index in [0.29, 0.717) is 87.9 Å². The number of aliphatic hydroxyl groups excluding tert-OH is 1. The lowest BCUT2D eigenvalue weighted by Gasteiger charge is -2.40. The topological polar surface area (TPSA) is 290 Å². The normalized spacial score (nSPS) is 11.0. The SMILES string of the molecule is CCc1ccc(/C=C\c2cc(OC)c(OC)c(OC)c2)c(O)c1O.CCc1ccc(/C=C\c2cc(OC)c(OC)c(OC)c2)c(O[Si](C)(C)C(C)(C)C)c1O[Si](C)(C)C(C)(C)C.CCc1ccc(C=O)c(O)c1O.CCc1cccc(C=O)c1O.CCc1cccc(O)c1O.CCc1ccccc1O.CO. The molecule has 0 bridgehead atoms. The number of aromatic hydroxyl groups is 8. The van der Waals surface area contributed by atoms with E-state index in [4.69, 9.17) is 57.7 Å². The molecule has 21 heteroatoms. The van der Waals surface area contributed by atoms with E-state index in [9.17, 15) is 35.1 Å². The molecule has 0 radical (unpaired) electrons. The zero-order chi connectivity index (χ0) is 80.5. The first kappa shape index (κ1) is 91.9. The van der Waals surface area contributed by atoms with Gasteiger partial charge in [0.2, 0.25) is 11.5 Å². The first-order valence-corrected chi connectivity index (χ1v) is 40.9. The molecule has 0 heterocycles. The average Bonchev–Trinajstić information content (AvgIpc) is 0.771. The number of phenolic OH excluding ortho intramolecular Hbond substituents is 8. The number of carbonyl (C=O) groups excluding carboxylic acids is 2. The molecule has 9 N–H and O–H groups in total. The van der Waals surface area contributed by atoms with E-state index in [1.165, 1.54) is 17.7 Å². The molecule has 8 aromatic carbocycles. The number of benzene rings is 8. The van der Waals surface area contributed by atoms with E-state index in [1.54, 1.807) is 115 Å². The Labute approximate surface area is 630 Å². The van der Waals surface area contributed by atoms with E-state index < -0.39 is 16.6 Å². The van der Waals surface area contributed by atoms with Gasteiger partial charge in [-0.3, -0.25) is 9.59 Å². The highest BCUT2D eigenvalue weighted by molar-refractivity contribution is 6.75. The Balaban J connectivity index is 0.000000474. The largest absolute Gasteiger partial charge is 0.541 e. The second-order valence-electron chi connectivity index (χ2n) is 26.9. The van der Waals surface area contributed by atoms with Gasteiger partial charge in [0.15, 0.2) is 75.8 Å². The third kappa shape index (κ3) is 25.5. The molecule has 0 spiro atoms. The zero-order valence-corrected chi connectivity index (χ0v) is 68.4. The lowest BCUT2D eigenvalue weighted by atomic mass is 10.0. The standard InChI is InChI=1S/C31H50O5Si2.C19H22O5.C9H10O3.C9H10O2.C8H10O2.C8H10O.CH4O/c1-15-23-18-19-24(17-16-22-20-25(32-8)29(34-10)26(21-22)33-9)28(36-38(13,14)31(5,6)7)27(23)35-37(11,12)30(2,3)4;1-5-13-8-9-14(18(21)17(13)20)7-6-12-10-15(22-2)19(24-4)16(11-12)23-3;1-2-6-3-4-7(5-10)9(12)8(6)11;1-2-7-4-3-5-8(6-10)9(7)11;1-2-6-4-3-5-7(9)8(6)10;1-2-7-5-3-4-6-8(7)9;1-2/h16-21H,15H2,1-14H3;6-11,20-21H,5H2,1-4H3;3-5,11-12H,2H2,1H3;3-6,11H,2H2,1H3;3-5,9-10H,2H2,1H3;3-6,9H,2H2,1H3;2H,1H3/b17-16-;7-6-;;;;;. The van der Waals surface area contributed by atoms with Gasteiger partial charge in [0.05, 0.1) is 53.8 Å². The minimum atomic E-state index is -2.17. The van der Waals surface area contributed by atoms with Gasteiger partial charge in [-0.1, -0.05) is 180 Å². The van der Waals surface area contributed by atoms with Gasteiger partial charge in [-0.05, 0) is 168 Å². The van der Waals surface area contributed by atoms with Crippen LogP contribution in [-0.4, -0.2) is 125 Å². The molecule has 8 aromatic rings. The molecule has 578 valence electrons. The number of hydrogen-bond donors (Lipinski definition) is 9. The number of hydrogen-bond acceptors (Lipinski definition) is 19. The molecular formula is C85H116O19Si2. The summed E-state index contributed by atoms with van der Waals surface area (Å²) in [5.74, 6) is 4.93. The van der Waals surface area contributed by atoms with E-state index in [1.807, 2.05) is 71.0 Å². The third-order valence-corrected chi connectivity index (χ3v) is 26.8. The van der Waals surface area contributed by atoms with E-state index in [0.717, 1.165) is 77.7 Å². The zero-order valence-electron chi connectivity index (χ0n) is 66.4. The van der Waals surface area contributed by atoms with Crippen LogP contribution in [0.2, 0.25) is 36.3 Å². The number of aliphatic hydroxyl groups is 1. The Morgan fingerprint density at radius 3 is 1.01 bits per heavy atom. The van der Waals surface area contributed by atoms with Crippen molar-refractivity contribution in [1.82, 2.24) is 0 Å². The highest BCUT2D eigenvalue weighted by Crippen LogP contribution is 2.48. The molecular weight excluding hydrogens is 1380 g/mol. The van der Waals surface area contributed by atoms with E-state index >= 15 is 0 Å². The molecule has 0 aliphatic carbocycles. The number of aryl methyl sites for hydroxylation is 6. The van der Waals surface area contributed by atoms with Crippen LogP contribution in [0.5, 0.6) is 92.0 Å². The number of aldehydes is 2. The van der Waals surface area contributed by atoms with Crippen molar-refractivity contribution in [3.63, 3.8) is 0 Å². The molecule has 0 aliphatic rings. The Bertz CT molecular complexity index is 4090. The number of phenols is 8. The summed E-state index contributed by atoms with van der Waals surface area (Å²) >= 11 is 0. The molecule has 0 atom stereocenters. The minimum Gasteiger partial charge on any atom is -0.541 e. The molecule has 0 aliphatic heterocycles. The fourth-order valence-electron chi connectivity index (χ4n) is 9.57. The fourth-order valence-corrected chi connectivity index (χ4v) is 11.6. The summed E-state index contributed by atoms with van der Waals surface area (Å²) in [6.07, 6.45) is 13.4. The van der Waals surface area contributed by atoms with Crippen LogP contribution >= 0.6 is 0 Å². The predicted molar refractivity (Wildman–Crippen MR) is 433 cm³/mol. The maximum atomic E-state index is 10.3. The van der Waals surface area contributed by atoms with Gasteiger partial charge in [0.25, 0.3) is 16.6 Å². The number of ether oxygens (including phenoxy) is 6. The van der Waals surface area contributed by atoms with Crippen molar-refractivity contribution in [3.05, 3.63) is 188 Å². The van der Waals surface area contributed by atoms with Crippen molar-refractivity contribution in [2.75, 3.05) is 49.8 Å². The predicted octanol–water partition coefficient (Wildman–Crippen LogP) is 19.5. The van der Waals surface area contributed by atoms with Gasteiger partial charge >= 0.3 is 0 Å². The number of carbonyl (C=O) groups is 2. The Morgan fingerprint density at radius 2 is 0.642 bits per heavy atom. The minimum absolute atomic E-state index is 0.00463. The van der Waals surface area contributed by atoms with Gasteiger partial charge in [0, 0.05) is 18.2 Å². The monoisotopic (exact) mass is 1500 g/mol. The van der Waals surface area contributed by atoms with Crippen molar-refractivity contribution in [2.45, 2.75) is 158 Å².